The van der Waals surface area contributed by atoms with Crippen LogP contribution in [0, 0.1) is 0 Å². The van der Waals surface area contributed by atoms with Gasteiger partial charge in [0.2, 0.25) is 0 Å². The maximum Gasteiger partial charge on any atom is 0.164 e. The first-order valence-electron chi connectivity index (χ1n) is 18.7. The molecule has 0 aliphatic rings. The minimum absolute atomic E-state index is 0.635. The first-order chi connectivity index (χ1) is 27.8. The molecule has 262 valence electrons. The lowest BCUT2D eigenvalue weighted by molar-refractivity contribution is 1.07. The molecule has 0 saturated carbocycles. The van der Waals surface area contributed by atoms with Gasteiger partial charge in [-0.2, -0.15) is 0 Å². The third-order valence-corrected chi connectivity index (χ3v) is 12.9. The summed E-state index contributed by atoms with van der Waals surface area (Å²) in [5.41, 5.74) is 9.95. The molecule has 0 aliphatic heterocycles. The van der Waals surface area contributed by atoms with Gasteiger partial charge in [0.15, 0.2) is 17.5 Å². The van der Waals surface area contributed by atoms with Crippen molar-refractivity contribution in [2.24, 2.45) is 0 Å². The van der Waals surface area contributed by atoms with Crippen LogP contribution in [0.4, 0.5) is 0 Å². The number of nitrogens with zero attached hydrogens (tertiary/aromatic N) is 3. The van der Waals surface area contributed by atoms with Crippen LogP contribution in [-0.2, 0) is 0 Å². The largest absolute Gasteiger partial charge is 0.208 e. The molecule has 11 aromatic rings. The number of fused-ring (bicyclic) bond motifs is 6. The Labute approximate surface area is 331 Å². The van der Waals surface area contributed by atoms with Gasteiger partial charge < -0.3 is 0 Å². The van der Waals surface area contributed by atoms with Crippen molar-refractivity contribution >= 4 is 63.0 Å². The van der Waals surface area contributed by atoms with Gasteiger partial charge in [0.1, 0.15) is 0 Å². The molecule has 3 nitrogen and oxygen atoms in total. The summed E-state index contributed by atoms with van der Waals surface area (Å²) in [4.78, 5) is 15.2. The topological polar surface area (TPSA) is 38.7 Å². The molecule has 3 heterocycles. The summed E-state index contributed by atoms with van der Waals surface area (Å²) in [5, 5.41) is 5.15. The fraction of sp³-hybridized carbons (Fsp3) is 0. The molecule has 0 amide bonds. The van der Waals surface area contributed by atoms with Crippen LogP contribution in [0.25, 0.3) is 108 Å². The van der Waals surface area contributed by atoms with E-state index < -0.39 is 0 Å². The first-order valence-corrected chi connectivity index (χ1v) is 20.3. The Morgan fingerprint density at radius 1 is 0.304 bits per heavy atom. The molecule has 0 spiro atoms. The van der Waals surface area contributed by atoms with E-state index in [4.69, 9.17) is 15.0 Å². The second-order valence-corrected chi connectivity index (χ2v) is 16.0. The zero-order valence-electron chi connectivity index (χ0n) is 30.1. The van der Waals surface area contributed by atoms with Crippen molar-refractivity contribution in [1.82, 2.24) is 15.0 Å². The van der Waals surface area contributed by atoms with E-state index in [0.29, 0.717) is 17.5 Å². The molecule has 0 fully saturated rings. The molecule has 0 bridgehead atoms. The molecule has 56 heavy (non-hydrogen) atoms. The molecule has 0 N–H and O–H groups in total. The molecule has 0 atom stereocenters. The Kier molecular flexibility index (Phi) is 7.87. The van der Waals surface area contributed by atoms with Gasteiger partial charge in [-0.25, -0.2) is 15.0 Å². The molecular weight excluding hydrogens is 719 g/mol. The molecule has 0 radical (unpaired) electrons. The summed E-state index contributed by atoms with van der Waals surface area (Å²) in [7, 11) is 0. The van der Waals surface area contributed by atoms with Gasteiger partial charge in [0, 0.05) is 62.6 Å². The summed E-state index contributed by atoms with van der Waals surface area (Å²) in [6.45, 7) is 0. The van der Waals surface area contributed by atoms with Gasteiger partial charge in [-0.15, -0.1) is 22.7 Å². The van der Waals surface area contributed by atoms with Gasteiger partial charge in [-0.05, 0) is 52.1 Å². The van der Waals surface area contributed by atoms with Gasteiger partial charge in [-0.3, -0.25) is 0 Å². The van der Waals surface area contributed by atoms with Gasteiger partial charge in [-0.1, -0.05) is 164 Å². The van der Waals surface area contributed by atoms with E-state index in [0.717, 1.165) is 22.3 Å². The smallest absolute Gasteiger partial charge is 0.164 e. The number of benzene rings is 8. The lowest BCUT2D eigenvalue weighted by atomic mass is 9.85. The van der Waals surface area contributed by atoms with Crippen LogP contribution in [0.1, 0.15) is 0 Å². The van der Waals surface area contributed by atoms with Crippen LogP contribution in [0.5, 0.6) is 0 Å². The van der Waals surface area contributed by atoms with Crippen LogP contribution in [0.2, 0.25) is 0 Å². The number of aromatic nitrogens is 3. The van der Waals surface area contributed by atoms with Crippen LogP contribution in [0.3, 0.4) is 0 Å². The second kappa shape index (κ2) is 13.5. The molecular formula is C51H31N3S2. The highest BCUT2D eigenvalue weighted by molar-refractivity contribution is 7.26. The Morgan fingerprint density at radius 2 is 0.768 bits per heavy atom. The summed E-state index contributed by atoms with van der Waals surface area (Å²) in [6.07, 6.45) is 0. The molecule has 3 aromatic heterocycles. The zero-order valence-corrected chi connectivity index (χ0v) is 31.7. The third kappa shape index (κ3) is 5.51. The van der Waals surface area contributed by atoms with E-state index in [2.05, 4.69) is 152 Å². The highest BCUT2D eigenvalue weighted by atomic mass is 32.1. The molecule has 8 aromatic carbocycles. The number of thiophene rings is 2. The monoisotopic (exact) mass is 749 g/mol. The fourth-order valence-corrected chi connectivity index (χ4v) is 10.4. The van der Waals surface area contributed by atoms with Crippen molar-refractivity contribution < 1.29 is 0 Å². The summed E-state index contributed by atoms with van der Waals surface area (Å²) in [6, 6.07) is 66.9. The van der Waals surface area contributed by atoms with Gasteiger partial charge in [0.25, 0.3) is 0 Å². The van der Waals surface area contributed by atoms with E-state index in [1.807, 2.05) is 59.1 Å². The Morgan fingerprint density at radius 3 is 1.50 bits per heavy atom. The highest BCUT2D eigenvalue weighted by Crippen LogP contribution is 2.48. The normalized spacial score (nSPS) is 11.6. The van der Waals surface area contributed by atoms with Gasteiger partial charge >= 0.3 is 0 Å². The van der Waals surface area contributed by atoms with Gasteiger partial charge in [0.05, 0.1) is 0 Å². The maximum atomic E-state index is 5.11. The molecule has 5 heteroatoms. The minimum Gasteiger partial charge on any atom is -0.208 e. The zero-order chi connectivity index (χ0) is 37.0. The van der Waals surface area contributed by atoms with E-state index in [-0.39, 0.29) is 0 Å². The summed E-state index contributed by atoms with van der Waals surface area (Å²) in [5.74, 6) is 1.93. The SMILES string of the molecule is c1ccc(-c2nc(-c3ccccc3)nc(-c3cccc(-c4c(-c5cccc6c5sc5ccccc56)cccc4-c4cccc5sc6ccccc6c45)c3)n2)cc1. The molecule has 11 rings (SSSR count). The van der Waals surface area contributed by atoms with Crippen molar-refractivity contribution in [2.75, 3.05) is 0 Å². The summed E-state index contributed by atoms with van der Waals surface area (Å²) >= 11 is 3.72. The van der Waals surface area contributed by atoms with Crippen molar-refractivity contribution in [2.45, 2.75) is 0 Å². The highest BCUT2D eigenvalue weighted by Gasteiger charge is 2.21. The van der Waals surface area contributed by atoms with Crippen LogP contribution in [-0.4, -0.2) is 15.0 Å². The van der Waals surface area contributed by atoms with Crippen LogP contribution in [0.15, 0.2) is 188 Å². The van der Waals surface area contributed by atoms with Crippen LogP contribution >= 0.6 is 22.7 Å². The molecule has 0 aliphatic carbocycles. The predicted molar refractivity (Wildman–Crippen MR) is 238 cm³/mol. The Hall–Kier alpha value is -6.79. The minimum atomic E-state index is 0.635. The van der Waals surface area contributed by atoms with Crippen molar-refractivity contribution in [1.29, 1.82) is 0 Å². The number of rotatable bonds is 6. The lowest BCUT2D eigenvalue weighted by Gasteiger charge is -2.18. The average Bonchev–Trinajstić information content (AvgIpc) is 3.86. The molecule has 0 unspecified atom stereocenters. The second-order valence-electron chi connectivity index (χ2n) is 13.9. The average molecular weight is 750 g/mol. The fourth-order valence-electron chi connectivity index (χ4n) is 8.02. The third-order valence-electron chi connectivity index (χ3n) is 10.6. The summed E-state index contributed by atoms with van der Waals surface area (Å²) < 4.78 is 5.16. The van der Waals surface area contributed by atoms with Crippen molar-refractivity contribution in [3.63, 3.8) is 0 Å². The van der Waals surface area contributed by atoms with Crippen molar-refractivity contribution in [3.05, 3.63) is 188 Å². The number of hydrogen-bond acceptors (Lipinski definition) is 5. The van der Waals surface area contributed by atoms with E-state index in [1.165, 1.54) is 68.2 Å². The standard InChI is InChI=1S/C51H31N3S2/c1-3-15-32(16-4-1)49-52-50(33-17-5-2-6-18-33)54-51(53-49)35-20-11-19-34(31-35)46-37(38-25-14-30-45-47(38)42-22-8-10-29-44(42)55-45)23-12-24-39(46)41-27-13-26-40-36-21-7-9-28-43(36)56-48(40)41/h1-31H. The number of hydrogen-bond donors (Lipinski definition) is 0. The first kappa shape index (κ1) is 32.6. The van der Waals surface area contributed by atoms with E-state index in [1.54, 1.807) is 0 Å². The maximum absolute atomic E-state index is 5.11. The lowest BCUT2D eigenvalue weighted by Crippen LogP contribution is -2.00. The van der Waals surface area contributed by atoms with Crippen molar-refractivity contribution in [3.8, 4) is 67.5 Å². The van der Waals surface area contributed by atoms with E-state index in [9.17, 15) is 0 Å². The Bertz CT molecular complexity index is 3200. The Balaban J connectivity index is 1.18. The van der Waals surface area contributed by atoms with Crippen LogP contribution < -0.4 is 0 Å². The predicted octanol–water partition coefficient (Wildman–Crippen LogP) is 14.6. The van der Waals surface area contributed by atoms with E-state index >= 15 is 0 Å². The molecule has 0 saturated heterocycles. The quantitative estimate of drug-likeness (QED) is 0.170.